The first-order valence-corrected chi connectivity index (χ1v) is 10.4. The van der Waals surface area contributed by atoms with Gasteiger partial charge in [0, 0.05) is 30.9 Å². The largest absolute Gasteiger partial charge is 0.491 e. The Labute approximate surface area is 180 Å². The zero-order chi connectivity index (χ0) is 21.6. The zero-order valence-electron chi connectivity index (χ0n) is 17.2. The quantitative estimate of drug-likeness (QED) is 0.576. The lowest BCUT2D eigenvalue weighted by Gasteiger charge is -2.28. The second-order valence-corrected chi connectivity index (χ2v) is 7.59. The maximum absolute atomic E-state index is 12.7. The van der Waals surface area contributed by atoms with Crippen molar-refractivity contribution in [2.45, 2.75) is 25.8 Å². The van der Waals surface area contributed by atoms with Crippen molar-refractivity contribution >= 4 is 11.9 Å². The first-order valence-electron chi connectivity index (χ1n) is 10.4. The molecule has 0 bridgehead atoms. The normalized spacial score (nSPS) is 13.2. The fourth-order valence-electron chi connectivity index (χ4n) is 3.81. The minimum atomic E-state index is -0.843. The molecular weight excluding hydrogens is 394 g/mol. The summed E-state index contributed by atoms with van der Waals surface area (Å²) in [6.07, 6.45) is 4.88. The summed E-state index contributed by atoms with van der Waals surface area (Å²) in [5.74, 6) is -0.149. The molecule has 7 heteroatoms. The van der Waals surface area contributed by atoms with E-state index in [-0.39, 0.29) is 12.3 Å². The summed E-state index contributed by atoms with van der Waals surface area (Å²) in [6, 6.07) is 15.4. The van der Waals surface area contributed by atoms with Crippen LogP contribution in [0.3, 0.4) is 0 Å². The van der Waals surface area contributed by atoms with Gasteiger partial charge in [-0.15, -0.1) is 0 Å². The molecule has 0 saturated heterocycles. The molecule has 0 fully saturated rings. The van der Waals surface area contributed by atoms with Crippen molar-refractivity contribution in [3.8, 4) is 5.75 Å². The van der Waals surface area contributed by atoms with Crippen molar-refractivity contribution in [2.24, 2.45) is 0 Å². The van der Waals surface area contributed by atoms with Crippen LogP contribution < -0.4 is 4.74 Å². The third kappa shape index (κ3) is 5.12. The van der Waals surface area contributed by atoms with E-state index < -0.39 is 5.97 Å². The van der Waals surface area contributed by atoms with Crippen LogP contribution in [0.5, 0.6) is 5.75 Å². The molecule has 7 nitrogen and oxygen atoms in total. The van der Waals surface area contributed by atoms with Gasteiger partial charge in [-0.3, -0.25) is 14.3 Å². The number of ether oxygens (including phenoxy) is 1. The highest BCUT2D eigenvalue weighted by molar-refractivity contribution is 5.96. The summed E-state index contributed by atoms with van der Waals surface area (Å²) >= 11 is 0. The summed E-state index contributed by atoms with van der Waals surface area (Å²) < 4.78 is 7.87. The lowest BCUT2D eigenvalue weighted by Crippen LogP contribution is -2.40. The second kappa shape index (κ2) is 9.47. The number of carboxylic acids is 1. The number of aryl methyl sites for hydroxylation is 1. The summed E-state index contributed by atoms with van der Waals surface area (Å²) in [5, 5.41) is 13.3. The van der Waals surface area contributed by atoms with E-state index >= 15 is 0 Å². The van der Waals surface area contributed by atoms with Crippen molar-refractivity contribution in [1.29, 1.82) is 0 Å². The number of benzene rings is 2. The van der Waals surface area contributed by atoms with Gasteiger partial charge in [0.25, 0.3) is 5.91 Å². The molecule has 2 heterocycles. The second-order valence-electron chi connectivity index (χ2n) is 7.59. The van der Waals surface area contributed by atoms with Crippen LogP contribution in [-0.2, 0) is 24.2 Å². The van der Waals surface area contributed by atoms with Gasteiger partial charge in [-0.05, 0) is 47.7 Å². The number of amides is 1. The van der Waals surface area contributed by atoms with Crippen LogP contribution in [0.4, 0.5) is 0 Å². The Hall–Kier alpha value is -3.61. The van der Waals surface area contributed by atoms with E-state index in [9.17, 15) is 9.59 Å². The van der Waals surface area contributed by atoms with Crippen LogP contribution in [0, 0.1) is 0 Å². The molecule has 31 heavy (non-hydrogen) atoms. The summed E-state index contributed by atoms with van der Waals surface area (Å²) in [5.41, 5.74) is 3.71. The zero-order valence-corrected chi connectivity index (χ0v) is 17.2. The average molecular weight is 419 g/mol. The van der Waals surface area contributed by atoms with Crippen LogP contribution in [0.15, 0.2) is 60.9 Å². The summed E-state index contributed by atoms with van der Waals surface area (Å²) in [4.78, 5) is 25.6. The van der Waals surface area contributed by atoms with Crippen molar-refractivity contribution in [1.82, 2.24) is 14.7 Å². The molecule has 0 saturated carbocycles. The van der Waals surface area contributed by atoms with Crippen LogP contribution in [0.2, 0.25) is 0 Å². The van der Waals surface area contributed by atoms with Crippen LogP contribution in [0.1, 0.15) is 33.5 Å². The lowest BCUT2D eigenvalue weighted by atomic mass is 9.99. The van der Waals surface area contributed by atoms with Gasteiger partial charge in [0.2, 0.25) is 0 Å². The number of carbonyl (C=O) groups excluding carboxylic acids is 1. The summed E-state index contributed by atoms with van der Waals surface area (Å²) in [6.45, 7) is 2.10. The van der Waals surface area contributed by atoms with Gasteiger partial charge >= 0.3 is 5.97 Å². The topological polar surface area (TPSA) is 84.7 Å². The lowest BCUT2D eigenvalue weighted by molar-refractivity contribution is -0.136. The highest BCUT2D eigenvalue weighted by Gasteiger charge is 2.23. The molecule has 1 aromatic heterocycles. The number of nitrogens with zero attached hydrogens (tertiary/aromatic N) is 3. The van der Waals surface area contributed by atoms with E-state index in [2.05, 4.69) is 5.10 Å². The van der Waals surface area contributed by atoms with E-state index in [1.807, 2.05) is 64.3 Å². The van der Waals surface area contributed by atoms with Gasteiger partial charge in [-0.1, -0.05) is 30.3 Å². The van der Waals surface area contributed by atoms with Gasteiger partial charge in [-0.25, -0.2) is 0 Å². The van der Waals surface area contributed by atoms with E-state index in [4.69, 9.17) is 9.84 Å². The number of rotatable bonds is 9. The van der Waals surface area contributed by atoms with E-state index in [0.717, 1.165) is 28.7 Å². The maximum atomic E-state index is 12.7. The predicted molar refractivity (Wildman–Crippen MR) is 115 cm³/mol. The fourth-order valence-corrected chi connectivity index (χ4v) is 3.81. The molecule has 1 amide bonds. The number of fused-ring (bicyclic) bond motifs is 1. The van der Waals surface area contributed by atoms with Gasteiger partial charge < -0.3 is 14.7 Å². The van der Waals surface area contributed by atoms with Crippen molar-refractivity contribution in [3.63, 3.8) is 0 Å². The maximum Gasteiger partial charge on any atom is 0.303 e. The van der Waals surface area contributed by atoms with E-state index in [1.165, 1.54) is 0 Å². The van der Waals surface area contributed by atoms with E-state index in [1.54, 1.807) is 6.20 Å². The molecule has 0 atom stereocenters. The standard InChI is InChI=1S/C24H25N3O4/c28-23(29)9-8-20-7-6-18(17-27-12-3-11-25-27)16-22(20)31-15-14-26-13-10-19-4-1-2-5-21(19)24(26)30/h1-7,11-12,16H,8-10,13-15,17H2,(H,28,29). The SMILES string of the molecule is O=C(O)CCc1ccc(Cn2cccn2)cc1OCCN1CCc2ccccc2C1=O. The molecule has 0 radical (unpaired) electrons. The number of carbonyl (C=O) groups is 2. The molecular formula is C24H25N3O4. The Balaban J connectivity index is 1.43. The van der Waals surface area contributed by atoms with Gasteiger partial charge in [0.1, 0.15) is 12.4 Å². The molecule has 0 unspecified atom stereocenters. The minimum Gasteiger partial charge on any atom is -0.491 e. The van der Waals surface area contributed by atoms with Crippen molar-refractivity contribution < 1.29 is 19.4 Å². The molecule has 0 aliphatic carbocycles. The number of aromatic nitrogens is 2. The van der Waals surface area contributed by atoms with Crippen molar-refractivity contribution in [2.75, 3.05) is 19.7 Å². The van der Waals surface area contributed by atoms with Gasteiger partial charge in [0.15, 0.2) is 0 Å². The molecule has 1 N–H and O–H groups in total. The fraction of sp³-hybridized carbons (Fsp3) is 0.292. The summed E-state index contributed by atoms with van der Waals surface area (Å²) in [7, 11) is 0. The van der Waals surface area contributed by atoms with Crippen LogP contribution in [-0.4, -0.2) is 51.4 Å². The third-order valence-corrected chi connectivity index (χ3v) is 5.45. The molecule has 4 rings (SSSR count). The van der Waals surface area contributed by atoms with Gasteiger partial charge in [-0.2, -0.15) is 5.10 Å². The molecule has 3 aromatic rings. The minimum absolute atomic E-state index is 0.0315. The third-order valence-electron chi connectivity index (χ3n) is 5.45. The Kier molecular flexibility index (Phi) is 6.31. The number of carboxylic acid groups (broad SMARTS) is 1. The Morgan fingerprint density at radius 2 is 2.03 bits per heavy atom. The Morgan fingerprint density at radius 3 is 2.84 bits per heavy atom. The smallest absolute Gasteiger partial charge is 0.303 e. The van der Waals surface area contributed by atoms with Crippen molar-refractivity contribution in [3.05, 3.63) is 83.2 Å². The molecule has 2 aromatic carbocycles. The number of hydrogen-bond donors (Lipinski definition) is 1. The highest BCUT2D eigenvalue weighted by Crippen LogP contribution is 2.24. The first kappa shape index (κ1) is 20.7. The number of hydrogen-bond acceptors (Lipinski definition) is 4. The first-order chi connectivity index (χ1) is 15.1. The molecule has 1 aliphatic heterocycles. The van der Waals surface area contributed by atoms with Crippen LogP contribution >= 0.6 is 0 Å². The highest BCUT2D eigenvalue weighted by atomic mass is 16.5. The Morgan fingerprint density at radius 1 is 1.16 bits per heavy atom. The predicted octanol–water partition coefficient (Wildman–Crippen LogP) is 3.03. The van der Waals surface area contributed by atoms with Gasteiger partial charge in [0.05, 0.1) is 13.1 Å². The Bertz CT molecular complexity index is 1060. The monoisotopic (exact) mass is 419 g/mol. The van der Waals surface area contributed by atoms with E-state index in [0.29, 0.717) is 38.4 Å². The number of aliphatic carboxylic acids is 1. The average Bonchev–Trinajstić information content (AvgIpc) is 3.28. The van der Waals surface area contributed by atoms with Crippen LogP contribution in [0.25, 0.3) is 0 Å². The molecule has 160 valence electrons. The molecule has 0 spiro atoms. The molecule has 1 aliphatic rings.